The van der Waals surface area contributed by atoms with Gasteiger partial charge < -0.3 is 14.5 Å². The average Bonchev–Trinajstić information content (AvgIpc) is 3.90. The highest BCUT2D eigenvalue weighted by atomic mass is 16.5. The third kappa shape index (κ3) is 6.96. The first-order valence-corrected chi connectivity index (χ1v) is 21.8. The number of para-hydroxylation sites is 3. The fourth-order valence-electron chi connectivity index (χ4n) is 9.19. The van der Waals surface area contributed by atoms with Crippen molar-refractivity contribution in [2.75, 3.05) is 16.5 Å². The summed E-state index contributed by atoms with van der Waals surface area (Å²) >= 11 is 0. The fourth-order valence-corrected chi connectivity index (χ4v) is 9.19. The number of hydrogen-bond acceptors (Lipinski definition) is 4. The van der Waals surface area contributed by atoms with E-state index in [-0.39, 0.29) is 29.3 Å². The molecule has 3 heterocycles. The number of aryl methyl sites for hydroxylation is 1. The average molecular weight is 832 g/mol. The van der Waals surface area contributed by atoms with Crippen molar-refractivity contribution >= 4 is 44.6 Å². The van der Waals surface area contributed by atoms with Gasteiger partial charge in [-0.3, -0.25) is 4.57 Å². The molecule has 0 spiro atoms. The van der Waals surface area contributed by atoms with Crippen LogP contribution in [0.15, 0.2) is 206 Å². The van der Waals surface area contributed by atoms with E-state index in [2.05, 4.69) is 163 Å². The van der Waals surface area contributed by atoms with Crippen molar-refractivity contribution in [2.24, 2.45) is 0 Å². The van der Waals surface area contributed by atoms with Gasteiger partial charge in [0.05, 0.1) is 32.2 Å². The molecule has 0 saturated carbocycles. The van der Waals surface area contributed by atoms with Crippen LogP contribution >= 0.6 is 0 Å². The summed E-state index contributed by atoms with van der Waals surface area (Å²) < 4.78 is 36.6. The monoisotopic (exact) mass is 831 g/mol. The van der Waals surface area contributed by atoms with Gasteiger partial charge in [0, 0.05) is 51.5 Å². The lowest BCUT2D eigenvalue weighted by Gasteiger charge is -2.27. The van der Waals surface area contributed by atoms with Crippen molar-refractivity contribution in [3.05, 3.63) is 217 Å². The Balaban J connectivity index is 1.02. The van der Waals surface area contributed by atoms with Gasteiger partial charge in [0.25, 0.3) is 0 Å². The molecule has 2 aromatic heterocycles. The van der Waals surface area contributed by atoms with Gasteiger partial charge in [0.15, 0.2) is 0 Å². The Morgan fingerprint density at radius 1 is 0.547 bits per heavy atom. The van der Waals surface area contributed by atoms with E-state index < -0.39 is 0 Å². The number of fused-ring (bicyclic) bond motifs is 4. The first-order chi connectivity index (χ1) is 32.5. The van der Waals surface area contributed by atoms with Crippen LogP contribution in [0.5, 0.6) is 11.5 Å². The SMILES string of the molecule is [2H]c1c(Oc2ccc3c4cc(C(C)(C)C)ccc4n(-c4cc(C)c(-c5ccccc5)cn4)c3c2)cc(N2CN(c3c(-c4ccccc4)cccc3-c3ccccc3)c3ccccc32)c([2H])c1[2H]. The number of benzene rings is 8. The topological polar surface area (TPSA) is 33.5 Å². The van der Waals surface area contributed by atoms with E-state index in [1.807, 2.05) is 60.8 Å². The van der Waals surface area contributed by atoms with Gasteiger partial charge in [-0.2, -0.15) is 0 Å². The molecule has 0 aliphatic carbocycles. The molecule has 0 bridgehead atoms. The van der Waals surface area contributed by atoms with E-state index in [1.165, 1.54) is 5.56 Å². The first kappa shape index (κ1) is 35.7. The lowest BCUT2D eigenvalue weighted by atomic mass is 9.86. The summed E-state index contributed by atoms with van der Waals surface area (Å²) in [5.41, 5.74) is 14.1. The molecular weight excluding hydrogens is 781 g/mol. The second-order valence-corrected chi connectivity index (χ2v) is 17.5. The van der Waals surface area contributed by atoms with Gasteiger partial charge >= 0.3 is 0 Å². The molecular formula is C59H48N4O. The normalized spacial score (nSPS) is 13.2. The predicted molar refractivity (Wildman–Crippen MR) is 267 cm³/mol. The summed E-state index contributed by atoms with van der Waals surface area (Å²) in [5.74, 6) is 1.49. The molecule has 310 valence electrons. The molecule has 0 atom stereocenters. The number of anilines is 4. The van der Waals surface area contributed by atoms with Crippen molar-refractivity contribution in [3.63, 3.8) is 0 Å². The molecule has 0 fully saturated rings. The van der Waals surface area contributed by atoms with Gasteiger partial charge in [0.1, 0.15) is 24.0 Å². The summed E-state index contributed by atoms with van der Waals surface area (Å²) in [4.78, 5) is 9.44. The maximum Gasteiger partial charge on any atom is 0.137 e. The number of hydrogen-bond donors (Lipinski definition) is 0. The van der Waals surface area contributed by atoms with Crippen LogP contribution in [0.2, 0.25) is 0 Å². The van der Waals surface area contributed by atoms with Crippen molar-refractivity contribution < 1.29 is 8.85 Å². The zero-order valence-corrected chi connectivity index (χ0v) is 36.3. The summed E-state index contributed by atoms with van der Waals surface area (Å²) in [7, 11) is 0. The Morgan fingerprint density at radius 2 is 1.17 bits per heavy atom. The van der Waals surface area contributed by atoms with Crippen LogP contribution in [0.4, 0.5) is 22.7 Å². The number of aromatic nitrogens is 2. The largest absolute Gasteiger partial charge is 0.457 e. The minimum Gasteiger partial charge on any atom is -0.457 e. The molecule has 0 radical (unpaired) electrons. The third-order valence-corrected chi connectivity index (χ3v) is 12.4. The van der Waals surface area contributed by atoms with Crippen LogP contribution in [0.25, 0.3) is 61.0 Å². The smallest absolute Gasteiger partial charge is 0.137 e. The Hall–Kier alpha value is -7.89. The van der Waals surface area contributed by atoms with Crippen molar-refractivity contribution in [2.45, 2.75) is 33.1 Å². The zero-order valence-electron chi connectivity index (χ0n) is 39.3. The minimum atomic E-state index is -0.207. The van der Waals surface area contributed by atoms with Crippen LogP contribution in [0.1, 0.15) is 36.0 Å². The molecule has 0 amide bonds. The molecule has 11 rings (SSSR count). The minimum absolute atomic E-state index is 0.0424. The third-order valence-electron chi connectivity index (χ3n) is 12.4. The zero-order chi connectivity index (χ0) is 46.0. The highest BCUT2D eigenvalue weighted by Crippen LogP contribution is 2.50. The second kappa shape index (κ2) is 15.8. The van der Waals surface area contributed by atoms with Crippen LogP contribution in [0.3, 0.4) is 0 Å². The maximum atomic E-state index is 9.35. The molecule has 0 N–H and O–H groups in total. The second-order valence-electron chi connectivity index (χ2n) is 17.5. The fraction of sp³-hybridized carbons (Fsp3) is 0.102. The van der Waals surface area contributed by atoms with E-state index in [1.54, 1.807) is 6.07 Å². The standard InChI is InChI=1S/C59H48N4O/c1-40-34-57(60-38-52(40)43-22-12-7-13-23-43)63-53-33-30-44(59(2,3)4)35-51(53)50-32-31-47(37-56(50)63)64-46-25-16-24-45(36-46)61-39-62(55-29-15-14-28-54(55)61)58-48(41-18-8-5-9-19-41)26-17-27-49(58)42-20-10-6-11-21-42/h5-38H,39H2,1-4H3/i16D,24D,25D. The lowest BCUT2D eigenvalue weighted by molar-refractivity contribution is 0.483. The summed E-state index contributed by atoms with van der Waals surface area (Å²) in [5, 5.41) is 2.16. The van der Waals surface area contributed by atoms with E-state index in [0.29, 0.717) is 18.1 Å². The first-order valence-electron chi connectivity index (χ1n) is 23.3. The van der Waals surface area contributed by atoms with Gasteiger partial charge in [-0.15, -0.1) is 0 Å². The molecule has 0 unspecified atom stereocenters. The molecule has 5 nitrogen and oxygen atoms in total. The van der Waals surface area contributed by atoms with Gasteiger partial charge in [0.2, 0.25) is 0 Å². The number of ether oxygens (including phenoxy) is 1. The Morgan fingerprint density at radius 3 is 1.81 bits per heavy atom. The lowest BCUT2D eigenvalue weighted by Crippen LogP contribution is -2.24. The number of nitrogens with zero attached hydrogens (tertiary/aromatic N) is 4. The number of rotatable bonds is 8. The van der Waals surface area contributed by atoms with E-state index >= 15 is 0 Å². The Bertz CT molecular complexity index is 3450. The highest BCUT2D eigenvalue weighted by Gasteiger charge is 2.31. The van der Waals surface area contributed by atoms with Crippen molar-refractivity contribution in [3.8, 4) is 50.7 Å². The predicted octanol–water partition coefficient (Wildman–Crippen LogP) is 15.8. The van der Waals surface area contributed by atoms with Crippen LogP contribution in [0, 0.1) is 6.92 Å². The van der Waals surface area contributed by atoms with Crippen LogP contribution in [-0.2, 0) is 5.41 Å². The van der Waals surface area contributed by atoms with Gasteiger partial charge in [-0.1, -0.05) is 154 Å². The van der Waals surface area contributed by atoms with Gasteiger partial charge in [-0.05, 0) is 94.7 Å². The molecule has 1 aliphatic heterocycles. The maximum absolute atomic E-state index is 9.35. The molecule has 0 saturated heterocycles. The summed E-state index contributed by atoms with van der Waals surface area (Å²) in [6, 6.07) is 62.0. The molecule has 64 heavy (non-hydrogen) atoms. The molecule has 8 aromatic carbocycles. The highest BCUT2D eigenvalue weighted by molar-refractivity contribution is 6.10. The summed E-state index contributed by atoms with van der Waals surface area (Å²) in [6.45, 7) is 9.17. The van der Waals surface area contributed by atoms with E-state index in [0.717, 1.165) is 83.6 Å². The quantitative estimate of drug-likeness (QED) is 0.153. The van der Waals surface area contributed by atoms with Crippen molar-refractivity contribution in [1.29, 1.82) is 0 Å². The van der Waals surface area contributed by atoms with E-state index in [4.69, 9.17) is 12.5 Å². The molecule has 5 heteroatoms. The van der Waals surface area contributed by atoms with Crippen LogP contribution in [-0.4, -0.2) is 16.2 Å². The molecule has 1 aliphatic rings. The Labute approximate surface area is 379 Å². The van der Waals surface area contributed by atoms with Crippen molar-refractivity contribution in [1.82, 2.24) is 9.55 Å². The summed E-state index contributed by atoms with van der Waals surface area (Å²) in [6.07, 6.45) is 1.95. The van der Waals surface area contributed by atoms with E-state index in [9.17, 15) is 1.37 Å². The Kier molecular flexibility index (Phi) is 8.80. The van der Waals surface area contributed by atoms with Crippen LogP contribution < -0.4 is 14.5 Å². The van der Waals surface area contributed by atoms with Gasteiger partial charge in [-0.25, -0.2) is 4.98 Å². The molecule has 10 aromatic rings. The number of pyridine rings is 1.